The highest BCUT2D eigenvalue weighted by molar-refractivity contribution is 9.13. The SMILES string of the molecule is CC1(Cc2ccc(Br)c(Br)c2)CCC(=O)N1. The molecule has 1 aliphatic heterocycles. The van der Waals surface area contributed by atoms with E-state index in [1.807, 2.05) is 6.07 Å². The maximum absolute atomic E-state index is 11.2. The molecule has 0 radical (unpaired) electrons. The highest BCUT2D eigenvalue weighted by Gasteiger charge is 2.32. The minimum absolute atomic E-state index is 0.0790. The van der Waals surface area contributed by atoms with Crippen molar-refractivity contribution < 1.29 is 4.79 Å². The van der Waals surface area contributed by atoms with Crippen LogP contribution in [-0.4, -0.2) is 11.4 Å². The number of nitrogens with one attached hydrogen (secondary N) is 1. The van der Waals surface area contributed by atoms with Crippen molar-refractivity contribution in [2.75, 3.05) is 0 Å². The van der Waals surface area contributed by atoms with Gasteiger partial charge in [-0.3, -0.25) is 4.79 Å². The van der Waals surface area contributed by atoms with Gasteiger partial charge in [0.2, 0.25) is 5.91 Å². The van der Waals surface area contributed by atoms with Crippen LogP contribution in [0.15, 0.2) is 27.1 Å². The van der Waals surface area contributed by atoms with Gasteiger partial charge in [-0.05, 0) is 69.3 Å². The van der Waals surface area contributed by atoms with Crippen molar-refractivity contribution in [1.82, 2.24) is 5.32 Å². The highest BCUT2D eigenvalue weighted by Crippen LogP contribution is 2.28. The lowest BCUT2D eigenvalue weighted by molar-refractivity contribution is -0.119. The average molecular weight is 347 g/mol. The van der Waals surface area contributed by atoms with E-state index < -0.39 is 0 Å². The first kappa shape index (κ1) is 12.1. The number of halogens is 2. The van der Waals surface area contributed by atoms with Gasteiger partial charge in [0.15, 0.2) is 0 Å². The molecule has 0 aliphatic carbocycles. The molecular weight excluding hydrogens is 334 g/mol. The van der Waals surface area contributed by atoms with Gasteiger partial charge in [-0.25, -0.2) is 0 Å². The number of hydrogen-bond acceptors (Lipinski definition) is 1. The van der Waals surface area contributed by atoms with Crippen molar-refractivity contribution in [3.05, 3.63) is 32.7 Å². The maximum Gasteiger partial charge on any atom is 0.220 e. The van der Waals surface area contributed by atoms with Crippen LogP contribution in [0.3, 0.4) is 0 Å². The second-order valence-corrected chi connectivity index (χ2v) is 6.24. The van der Waals surface area contributed by atoms with Crippen LogP contribution >= 0.6 is 31.9 Å². The summed E-state index contributed by atoms with van der Waals surface area (Å²) in [5.74, 6) is 0.165. The summed E-state index contributed by atoms with van der Waals surface area (Å²) in [6.07, 6.45) is 2.44. The fourth-order valence-electron chi connectivity index (χ4n) is 2.08. The Morgan fingerprint density at radius 1 is 1.38 bits per heavy atom. The second kappa shape index (κ2) is 4.49. The number of amides is 1. The standard InChI is InChI=1S/C12H13Br2NO/c1-12(5-4-11(16)15-12)7-8-2-3-9(13)10(14)6-8/h2-3,6H,4-5,7H2,1H3,(H,15,16). The summed E-state index contributed by atoms with van der Waals surface area (Å²) in [7, 11) is 0. The Morgan fingerprint density at radius 3 is 2.69 bits per heavy atom. The van der Waals surface area contributed by atoms with Gasteiger partial charge in [-0.1, -0.05) is 6.07 Å². The van der Waals surface area contributed by atoms with Crippen LogP contribution in [0.1, 0.15) is 25.3 Å². The summed E-state index contributed by atoms with van der Waals surface area (Å²) in [5, 5.41) is 3.05. The topological polar surface area (TPSA) is 29.1 Å². The third kappa shape index (κ3) is 2.66. The molecule has 2 rings (SSSR count). The normalized spacial score (nSPS) is 24.6. The van der Waals surface area contributed by atoms with Gasteiger partial charge < -0.3 is 5.32 Å². The average Bonchev–Trinajstić information content (AvgIpc) is 2.52. The highest BCUT2D eigenvalue weighted by atomic mass is 79.9. The molecule has 0 spiro atoms. The molecule has 1 unspecified atom stereocenters. The molecule has 2 nitrogen and oxygen atoms in total. The van der Waals surface area contributed by atoms with E-state index in [1.54, 1.807) is 0 Å². The summed E-state index contributed by atoms with van der Waals surface area (Å²) in [6, 6.07) is 6.21. The van der Waals surface area contributed by atoms with E-state index in [9.17, 15) is 4.79 Å². The largest absolute Gasteiger partial charge is 0.351 e. The van der Waals surface area contributed by atoms with Crippen LogP contribution in [0, 0.1) is 0 Å². The van der Waals surface area contributed by atoms with Gasteiger partial charge in [0, 0.05) is 20.9 Å². The molecule has 0 saturated carbocycles. The number of carbonyl (C=O) groups is 1. The first-order valence-corrected chi connectivity index (χ1v) is 6.82. The Bertz CT molecular complexity index is 433. The predicted molar refractivity (Wildman–Crippen MR) is 71.3 cm³/mol. The van der Waals surface area contributed by atoms with Gasteiger partial charge >= 0.3 is 0 Å². The third-order valence-electron chi connectivity index (χ3n) is 2.92. The van der Waals surface area contributed by atoms with Crippen LogP contribution in [0.2, 0.25) is 0 Å². The quantitative estimate of drug-likeness (QED) is 0.873. The van der Waals surface area contributed by atoms with E-state index in [0.717, 1.165) is 21.8 Å². The first-order chi connectivity index (χ1) is 7.48. The fourth-order valence-corrected chi connectivity index (χ4v) is 2.76. The lowest BCUT2D eigenvalue weighted by Gasteiger charge is -2.24. The zero-order valence-corrected chi connectivity index (χ0v) is 12.2. The van der Waals surface area contributed by atoms with Crippen LogP contribution in [0.5, 0.6) is 0 Å². The van der Waals surface area contributed by atoms with Crippen LogP contribution in [0.25, 0.3) is 0 Å². The van der Waals surface area contributed by atoms with Gasteiger partial charge in [-0.2, -0.15) is 0 Å². The summed E-state index contributed by atoms with van der Waals surface area (Å²) in [4.78, 5) is 11.2. The lowest BCUT2D eigenvalue weighted by atomic mass is 9.91. The molecule has 1 fully saturated rings. The van der Waals surface area contributed by atoms with Crippen LogP contribution in [0.4, 0.5) is 0 Å². The van der Waals surface area contributed by atoms with E-state index in [4.69, 9.17) is 0 Å². The lowest BCUT2D eigenvalue weighted by Crippen LogP contribution is -2.40. The minimum atomic E-state index is -0.0790. The van der Waals surface area contributed by atoms with E-state index in [-0.39, 0.29) is 11.4 Å². The molecule has 1 aliphatic rings. The molecular formula is C12H13Br2NO. The molecule has 1 aromatic carbocycles. The second-order valence-electron chi connectivity index (χ2n) is 4.53. The van der Waals surface area contributed by atoms with Gasteiger partial charge in [0.05, 0.1) is 0 Å². The molecule has 1 N–H and O–H groups in total. The maximum atomic E-state index is 11.2. The number of benzene rings is 1. The van der Waals surface area contributed by atoms with Gasteiger partial charge in [0.1, 0.15) is 0 Å². The van der Waals surface area contributed by atoms with E-state index in [0.29, 0.717) is 6.42 Å². The number of hydrogen-bond donors (Lipinski definition) is 1. The predicted octanol–water partition coefficient (Wildman–Crippen LogP) is 3.42. The van der Waals surface area contributed by atoms with Crippen molar-refractivity contribution in [2.45, 2.75) is 31.7 Å². The molecule has 1 saturated heterocycles. The summed E-state index contributed by atoms with van der Waals surface area (Å²) in [5.41, 5.74) is 1.16. The first-order valence-electron chi connectivity index (χ1n) is 5.23. The van der Waals surface area contributed by atoms with Crippen LogP contribution in [-0.2, 0) is 11.2 Å². The summed E-state index contributed by atoms with van der Waals surface area (Å²) >= 11 is 6.94. The minimum Gasteiger partial charge on any atom is -0.351 e. The molecule has 1 amide bonds. The van der Waals surface area contributed by atoms with E-state index in [1.165, 1.54) is 5.56 Å². The van der Waals surface area contributed by atoms with Crippen molar-refractivity contribution in [3.8, 4) is 0 Å². The van der Waals surface area contributed by atoms with Gasteiger partial charge in [-0.15, -0.1) is 0 Å². The Morgan fingerprint density at radius 2 is 2.12 bits per heavy atom. The molecule has 86 valence electrons. The molecule has 0 aromatic heterocycles. The molecule has 1 aromatic rings. The molecule has 16 heavy (non-hydrogen) atoms. The smallest absolute Gasteiger partial charge is 0.220 e. The van der Waals surface area contributed by atoms with E-state index in [2.05, 4.69) is 56.2 Å². The molecule has 4 heteroatoms. The monoisotopic (exact) mass is 345 g/mol. The van der Waals surface area contributed by atoms with Gasteiger partial charge in [0.25, 0.3) is 0 Å². The Balaban J connectivity index is 2.14. The van der Waals surface area contributed by atoms with Crippen molar-refractivity contribution in [3.63, 3.8) is 0 Å². The summed E-state index contributed by atoms with van der Waals surface area (Å²) < 4.78 is 2.11. The zero-order chi connectivity index (χ0) is 11.8. The van der Waals surface area contributed by atoms with Crippen LogP contribution < -0.4 is 5.32 Å². The van der Waals surface area contributed by atoms with Crippen molar-refractivity contribution in [2.24, 2.45) is 0 Å². The molecule has 1 atom stereocenters. The number of carbonyl (C=O) groups excluding carboxylic acids is 1. The Labute approximate surface area is 112 Å². The van der Waals surface area contributed by atoms with E-state index >= 15 is 0 Å². The van der Waals surface area contributed by atoms with Crippen molar-refractivity contribution in [1.29, 1.82) is 0 Å². The van der Waals surface area contributed by atoms with Crippen molar-refractivity contribution >= 4 is 37.8 Å². The summed E-state index contributed by atoms with van der Waals surface area (Å²) in [6.45, 7) is 2.11. The number of rotatable bonds is 2. The fraction of sp³-hybridized carbons (Fsp3) is 0.417. The zero-order valence-electron chi connectivity index (χ0n) is 9.02. The Kier molecular flexibility index (Phi) is 3.40. The Hall–Kier alpha value is -0.350. The molecule has 1 heterocycles. The molecule has 0 bridgehead atoms. The third-order valence-corrected chi connectivity index (χ3v) is 4.80.